The molecule has 0 saturated heterocycles. The van der Waals surface area contributed by atoms with E-state index in [0.29, 0.717) is 42.9 Å². The van der Waals surface area contributed by atoms with Gasteiger partial charge in [0.2, 0.25) is 5.91 Å². The molecule has 9 heteroatoms. The molecule has 1 aromatic carbocycles. The van der Waals surface area contributed by atoms with Crippen molar-refractivity contribution in [2.24, 2.45) is 4.99 Å². The van der Waals surface area contributed by atoms with Gasteiger partial charge in [0.15, 0.2) is 17.5 Å². The molecular weight excluding hydrogens is 487 g/mol. The largest absolute Gasteiger partial charge is 0.493 e. The van der Waals surface area contributed by atoms with Gasteiger partial charge < -0.3 is 29.8 Å². The highest BCUT2D eigenvalue weighted by molar-refractivity contribution is 14.0. The van der Waals surface area contributed by atoms with Crippen molar-refractivity contribution in [3.63, 3.8) is 0 Å². The molecule has 0 bridgehead atoms. The van der Waals surface area contributed by atoms with Gasteiger partial charge in [-0.25, -0.2) is 4.99 Å². The lowest BCUT2D eigenvalue weighted by Crippen LogP contribution is -2.42. The normalized spacial score (nSPS) is 11.8. The molecule has 0 saturated carbocycles. The van der Waals surface area contributed by atoms with Crippen molar-refractivity contribution in [1.82, 2.24) is 16.0 Å². The fourth-order valence-electron chi connectivity index (χ4n) is 2.36. The number of benzene rings is 1. The lowest BCUT2D eigenvalue weighted by Gasteiger charge is -2.19. The summed E-state index contributed by atoms with van der Waals surface area (Å²) in [7, 11) is 1.61. The van der Waals surface area contributed by atoms with Crippen LogP contribution < -0.4 is 25.4 Å². The smallest absolute Gasteiger partial charge is 0.242 e. The Kier molecular flexibility index (Phi) is 11.6. The number of carbonyl (C=O) groups is 1. The van der Waals surface area contributed by atoms with E-state index >= 15 is 0 Å². The van der Waals surface area contributed by atoms with Crippen molar-refractivity contribution in [3.05, 3.63) is 48.4 Å². The molecule has 2 aromatic rings. The number of hydrogen-bond acceptors (Lipinski definition) is 5. The number of carbonyl (C=O) groups excluding carboxylic acids is 1. The number of halogens is 1. The van der Waals surface area contributed by atoms with Gasteiger partial charge in [0.25, 0.3) is 0 Å². The Balaban J connectivity index is 0.00000420. The standard InChI is InChI=1S/C20H28N4O4.HI/c1-4-21-20(24-14-19(25)22-13-16-8-7-11-27-16)23-12-15(2)28-18-10-6-5-9-17(18)26-3;/h5-11,15H,4,12-14H2,1-3H3,(H,22,25)(H2,21,23,24);1H. The van der Waals surface area contributed by atoms with Crippen molar-refractivity contribution in [3.8, 4) is 11.5 Å². The third-order valence-electron chi connectivity index (χ3n) is 3.72. The van der Waals surface area contributed by atoms with E-state index < -0.39 is 0 Å². The van der Waals surface area contributed by atoms with Gasteiger partial charge in [-0.2, -0.15) is 0 Å². The van der Waals surface area contributed by atoms with Gasteiger partial charge in [-0.05, 0) is 38.1 Å². The first-order chi connectivity index (χ1) is 13.6. The molecule has 0 aliphatic heterocycles. The number of para-hydroxylation sites is 2. The van der Waals surface area contributed by atoms with Crippen molar-refractivity contribution in [2.75, 3.05) is 26.7 Å². The second-order valence-corrected chi connectivity index (χ2v) is 6.01. The van der Waals surface area contributed by atoms with Gasteiger partial charge in [0, 0.05) is 6.54 Å². The van der Waals surface area contributed by atoms with E-state index in [4.69, 9.17) is 13.9 Å². The molecule has 0 aliphatic rings. The predicted molar refractivity (Wildman–Crippen MR) is 123 cm³/mol. The topological polar surface area (TPSA) is 97.1 Å². The Morgan fingerprint density at radius 2 is 1.90 bits per heavy atom. The van der Waals surface area contributed by atoms with Crippen LogP contribution in [0.4, 0.5) is 0 Å². The summed E-state index contributed by atoms with van der Waals surface area (Å²) in [6.45, 7) is 5.45. The summed E-state index contributed by atoms with van der Waals surface area (Å²) in [5, 5.41) is 9.05. The first-order valence-electron chi connectivity index (χ1n) is 9.23. The summed E-state index contributed by atoms with van der Waals surface area (Å²) < 4.78 is 16.4. The maximum atomic E-state index is 11.9. The van der Waals surface area contributed by atoms with Crippen molar-refractivity contribution < 1.29 is 18.7 Å². The number of methoxy groups -OCH3 is 1. The molecule has 1 unspecified atom stereocenters. The summed E-state index contributed by atoms with van der Waals surface area (Å²) in [5.41, 5.74) is 0. The Hall–Kier alpha value is -2.43. The molecule has 1 atom stereocenters. The van der Waals surface area contributed by atoms with E-state index in [1.807, 2.05) is 38.1 Å². The first-order valence-corrected chi connectivity index (χ1v) is 9.23. The van der Waals surface area contributed by atoms with Gasteiger partial charge in [0.05, 0.1) is 26.5 Å². The molecular formula is C20H29IN4O4. The van der Waals surface area contributed by atoms with Crippen molar-refractivity contribution in [1.29, 1.82) is 0 Å². The molecule has 1 amide bonds. The molecule has 3 N–H and O–H groups in total. The second-order valence-electron chi connectivity index (χ2n) is 6.01. The Morgan fingerprint density at radius 1 is 1.14 bits per heavy atom. The molecule has 0 aliphatic carbocycles. The summed E-state index contributed by atoms with van der Waals surface area (Å²) in [6.07, 6.45) is 1.44. The average molecular weight is 516 g/mol. The van der Waals surface area contributed by atoms with Gasteiger partial charge in [-0.3, -0.25) is 4.79 Å². The average Bonchev–Trinajstić information content (AvgIpc) is 3.22. The molecule has 0 spiro atoms. The summed E-state index contributed by atoms with van der Waals surface area (Å²) in [4.78, 5) is 16.2. The number of furan rings is 1. The third kappa shape index (κ3) is 9.07. The molecule has 160 valence electrons. The van der Waals surface area contributed by atoms with Crippen LogP contribution in [0.2, 0.25) is 0 Å². The van der Waals surface area contributed by atoms with Gasteiger partial charge in [-0.15, -0.1) is 24.0 Å². The highest BCUT2D eigenvalue weighted by atomic mass is 127. The quantitative estimate of drug-likeness (QED) is 0.255. The van der Waals surface area contributed by atoms with Gasteiger partial charge in [-0.1, -0.05) is 12.1 Å². The van der Waals surface area contributed by atoms with Crippen LogP contribution in [0, 0.1) is 0 Å². The minimum absolute atomic E-state index is 0. The van der Waals surface area contributed by atoms with Crippen LogP contribution >= 0.6 is 24.0 Å². The van der Waals surface area contributed by atoms with Crippen LogP contribution in [0.15, 0.2) is 52.1 Å². The molecule has 1 aromatic heterocycles. The second kappa shape index (κ2) is 13.7. The number of nitrogens with zero attached hydrogens (tertiary/aromatic N) is 1. The van der Waals surface area contributed by atoms with Crippen LogP contribution in [0.3, 0.4) is 0 Å². The number of hydrogen-bond donors (Lipinski definition) is 3. The van der Waals surface area contributed by atoms with Crippen LogP contribution in [0.25, 0.3) is 0 Å². The van der Waals surface area contributed by atoms with Gasteiger partial charge in [0.1, 0.15) is 18.4 Å². The van der Waals surface area contributed by atoms with E-state index in [-0.39, 0.29) is 42.5 Å². The number of aliphatic imine (C=N–C) groups is 1. The van der Waals surface area contributed by atoms with Crippen LogP contribution in [0.1, 0.15) is 19.6 Å². The zero-order valence-electron chi connectivity index (χ0n) is 16.9. The summed E-state index contributed by atoms with van der Waals surface area (Å²) in [6, 6.07) is 11.1. The molecule has 1 heterocycles. The predicted octanol–water partition coefficient (Wildman–Crippen LogP) is 2.55. The maximum Gasteiger partial charge on any atom is 0.242 e. The molecule has 0 fully saturated rings. The zero-order valence-corrected chi connectivity index (χ0v) is 19.3. The monoisotopic (exact) mass is 516 g/mol. The Labute approximate surface area is 188 Å². The lowest BCUT2D eigenvalue weighted by molar-refractivity contribution is -0.119. The summed E-state index contributed by atoms with van der Waals surface area (Å²) >= 11 is 0. The molecule has 29 heavy (non-hydrogen) atoms. The van der Waals surface area contributed by atoms with E-state index in [1.165, 1.54) is 0 Å². The number of nitrogens with one attached hydrogen (secondary N) is 3. The lowest BCUT2D eigenvalue weighted by atomic mass is 10.3. The third-order valence-corrected chi connectivity index (χ3v) is 3.72. The van der Waals surface area contributed by atoms with Crippen LogP contribution in [-0.2, 0) is 11.3 Å². The number of ether oxygens (including phenoxy) is 2. The summed E-state index contributed by atoms with van der Waals surface area (Å²) in [5.74, 6) is 2.42. The van der Waals surface area contributed by atoms with E-state index in [9.17, 15) is 4.79 Å². The SMILES string of the molecule is CCNC(=NCC(=O)NCc1ccco1)NCC(C)Oc1ccccc1OC.I. The minimum Gasteiger partial charge on any atom is -0.493 e. The number of rotatable bonds is 10. The van der Waals surface area contributed by atoms with Crippen LogP contribution in [0.5, 0.6) is 11.5 Å². The Bertz CT molecular complexity index is 753. The van der Waals surface area contributed by atoms with E-state index in [2.05, 4.69) is 20.9 Å². The number of amides is 1. The minimum atomic E-state index is -0.188. The van der Waals surface area contributed by atoms with Gasteiger partial charge >= 0.3 is 0 Å². The fourth-order valence-corrected chi connectivity index (χ4v) is 2.36. The van der Waals surface area contributed by atoms with E-state index in [1.54, 1.807) is 25.5 Å². The Morgan fingerprint density at radius 3 is 2.55 bits per heavy atom. The van der Waals surface area contributed by atoms with E-state index in [0.717, 1.165) is 0 Å². The van der Waals surface area contributed by atoms with Crippen molar-refractivity contribution in [2.45, 2.75) is 26.5 Å². The highest BCUT2D eigenvalue weighted by Crippen LogP contribution is 2.26. The first kappa shape index (κ1) is 24.6. The number of guanidine groups is 1. The maximum absolute atomic E-state index is 11.9. The zero-order chi connectivity index (χ0) is 20.2. The van der Waals surface area contributed by atoms with Crippen molar-refractivity contribution >= 4 is 35.8 Å². The molecule has 2 rings (SSSR count). The van der Waals surface area contributed by atoms with Crippen LogP contribution in [-0.4, -0.2) is 44.7 Å². The molecule has 8 nitrogen and oxygen atoms in total. The fraction of sp³-hybridized carbons (Fsp3) is 0.400. The molecule has 0 radical (unpaired) electrons. The highest BCUT2D eigenvalue weighted by Gasteiger charge is 2.10.